The highest BCUT2D eigenvalue weighted by Gasteiger charge is 2.34. The van der Waals surface area contributed by atoms with E-state index >= 15 is 0 Å². The minimum Gasteiger partial charge on any atom is -0.480 e. The van der Waals surface area contributed by atoms with Gasteiger partial charge in [0.15, 0.2) is 0 Å². The largest absolute Gasteiger partial charge is 0.480 e. The first-order valence-corrected chi connectivity index (χ1v) is 5.65. The predicted octanol–water partition coefficient (Wildman–Crippen LogP) is 2.50. The van der Waals surface area contributed by atoms with E-state index in [0.29, 0.717) is 12.1 Å². The molecule has 1 aromatic rings. The second kappa shape index (κ2) is 4.93. The Balaban J connectivity index is 3.21. The summed E-state index contributed by atoms with van der Waals surface area (Å²) in [6.07, 6.45) is 0. The molecule has 1 rings (SSSR count). The first-order valence-electron chi connectivity index (χ1n) is 4.85. The Morgan fingerprint density at radius 3 is 2.69 bits per heavy atom. The lowest BCUT2D eigenvalue weighted by molar-refractivity contribution is -0.144. The number of carboxylic acid groups (broad SMARTS) is 1. The fourth-order valence-corrected chi connectivity index (χ4v) is 1.84. The van der Waals surface area contributed by atoms with Gasteiger partial charge in [-0.3, -0.25) is 5.32 Å². The Kier molecular flexibility index (Phi) is 4.04. The van der Waals surface area contributed by atoms with Crippen molar-refractivity contribution in [3.05, 3.63) is 34.1 Å². The van der Waals surface area contributed by atoms with Crippen molar-refractivity contribution >= 4 is 21.9 Å². The summed E-state index contributed by atoms with van der Waals surface area (Å²) in [5.41, 5.74) is -0.694. The van der Waals surface area contributed by atoms with Crippen LogP contribution in [0.4, 0.5) is 4.39 Å². The third kappa shape index (κ3) is 2.41. The van der Waals surface area contributed by atoms with Gasteiger partial charge in [0, 0.05) is 0 Å². The van der Waals surface area contributed by atoms with Crippen molar-refractivity contribution in [2.24, 2.45) is 0 Å². The second-order valence-electron chi connectivity index (χ2n) is 3.59. The Bertz CT molecular complexity index is 411. The molecule has 16 heavy (non-hydrogen) atoms. The summed E-state index contributed by atoms with van der Waals surface area (Å²) in [5, 5.41) is 12.1. The predicted molar refractivity (Wildman–Crippen MR) is 62.8 cm³/mol. The first kappa shape index (κ1) is 13.1. The molecular formula is C11H13BrFNO2. The number of aliphatic carboxylic acids is 1. The van der Waals surface area contributed by atoms with E-state index in [1.807, 2.05) is 6.92 Å². The molecule has 0 saturated heterocycles. The SMILES string of the molecule is CCN[C@@](C)(C(=O)O)c1ccc(F)c(Br)c1. The molecule has 0 saturated carbocycles. The van der Waals surface area contributed by atoms with Gasteiger partial charge in [0.1, 0.15) is 11.4 Å². The molecule has 88 valence electrons. The summed E-state index contributed by atoms with van der Waals surface area (Å²) in [5.74, 6) is -1.40. The molecule has 2 N–H and O–H groups in total. The molecule has 0 amide bonds. The van der Waals surface area contributed by atoms with Crippen LogP contribution < -0.4 is 5.32 Å². The second-order valence-corrected chi connectivity index (χ2v) is 4.44. The number of benzene rings is 1. The molecule has 0 aliphatic heterocycles. The van der Waals surface area contributed by atoms with E-state index in [1.165, 1.54) is 18.2 Å². The first-order chi connectivity index (χ1) is 7.41. The molecule has 1 aromatic carbocycles. The van der Waals surface area contributed by atoms with Crippen molar-refractivity contribution in [3.8, 4) is 0 Å². The standard InChI is InChI=1S/C11H13BrFNO2/c1-3-14-11(2,10(15)16)7-4-5-9(13)8(12)6-7/h4-6,14H,3H2,1-2H3,(H,15,16)/t11-/m1/s1. The third-order valence-corrected chi connectivity index (χ3v) is 3.06. The van der Waals surface area contributed by atoms with Gasteiger partial charge in [0.05, 0.1) is 4.47 Å². The highest BCUT2D eigenvalue weighted by atomic mass is 79.9. The molecule has 1 atom stereocenters. The topological polar surface area (TPSA) is 49.3 Å². The van der Waals surface area contributed by atoms with Crippen LogP contribution in [0.2, 0.25) is 0 Å². The molecule has 0 aliphatic carbocycles. The molecule has 0 fully saturated rings. The molecular weight excluding hydrogens is 277 g/mol. The average Bonchev–Trinajstić information content (AvgIpc) is 2.22. The number of carbonyl (C=O) groups is 1. The van der Waals surface area contributed by atoms with Gasteiger partial charge in [0.25, 0.3) is 0 Å². The van der Waals surface area contributed by atoms with Crippen molar-refractivity contribution in [2.45, 2.75) is 19.4 Å². The fraction of sp³-hybridized carbons (Fsp3) is 0.364. The van der Waals surface area contributed by atoms with Gasteiger partial charge in [-0.15, -0.1) is 0 Å². The summed E-state index contributed by atoms with van der Waals surface area (Å²) in [7, 11) is 0. The van der Waals surface area contributed by atoms with Crippen LogP contribution in [0.3, 0.4) is 0 Å². The molecule has 0 aliphatic rings. The minimum atomic E-state index is -1.20. The highest BCUT2D eigenvalue weighted by molar-refractivity contribution is 9.10. The van der Waals surface area contributed by atoms with E-state index < -0.39 is 17.3 Å². The summed E-state index contributed by atoms with van der Waals surface area (Å²) >= 11 is 3.04. The maximum Gasteiger partial charge on any atom is 0.328 e. The Morgan fingerprint density at radius 1 is 1.62 bits per heavy atom. The van der Waals surface area contributed by atoms with Crippen LogP contribution in [0, 0.1) is 5.82 Å². The lowest BCUT2D eigenvalue weighted by Crippen LogP contribution is -2.46. The monoisotopic (exact) mass is 289 g/mol. The fourth-order valence-electron chi connectivity index (χ4n) is 1.46. The van der Waals surface area contributed by atoms with Crippen LogP contribution in [0.1, 0.15) is 19.4 Å². The third-order valence-electron chi connectivity index (χ3n) is 2.46. The van der Waals surface area contributed by atoms with Gasteiger partial charge >= 0.3 is 5.97 Å². The van der Waals surface area contributed by atoms with Crippen LogP contribution in [-0.2, 0) is 10.3 Å². The molecule has 0 unspecified atom stereocenters. The summed E-state index contributed by atoms with van der Waals surface area (Å²) in [6, 6.07) is 4.20. The van der Waals surface area contributed by atoms with Crippen molar-refractivity contribution in [1.82, 2.24) is 5.32 Å². The van der Waals surface area contributed by atoms with Crippen LogP contribution in [0.25, 0.3) is 0 Å². The van der Waals surface area contributed by atoms with E-state index in [2.05, 4.69) is 21.2 Å². The van der Waals surface area contributed by atoms with Gasteiger partial charge in [-0.05, 0) is 47.1 Å². The maximum absolute atomic E-state index is 13.1. The minimum absolute atomic E-state index is 0.260. The van der Waals surface area contributed by atoms with Crippen molar-refractivity contribution < 1.29 is 14.3 Å². The average molecular weight is 290 g/mol. The molecule has 0 heterocycles. The van der Waals surface area contributed by atoms with Crippen molar-refractivity contribution in [3.63, 3.8) is 0 Å². The molecule has 3 nitrogen and oxygen atoms in total. The number of halogens is 2. The zero-order chi connectivity index (χ0) is 12.3. The van der Waals surface area contributed by atoms with Gasteiger partial charge in [-0.2, -0.15) is 0 Å². The van der Waals surface area contributed by atoms with Crippen LogP contribution in [-0.4, -0.2) is 17.6 Å². The number of hydrogen-bond acceptors (Lipinski definition) is 2. The summed E-state index contributed by atoms with van der Waals surface area (Å²) < 4.78 is 13.3. The van der Waals surface area contributed by atoms with E-state index in [-0.39, 0.29) is 4.47 Å². The van der Waals surface area contributed by atoms with E-state index in [0.717, 1.165) is 0 Å². The molecule has 5 heteroatoms. The number of carboxylic acids is 1. The van der Waals surface area contributed by atoms with Crippen LogP contribution in [0.15, 0.2) is 22.7 Å². The Morgan fingerprint density at radius 2 is 2.25 bits per heavy atom. The molecule has 0 bridgehead atoms. The van der Waals surface area contributed by atoms with E-state index in [4.69, 9.17) is 0 Å². The summed E-state index contributed by atoms with van der Waals surface area (Å²) in [6.45, 7) is 3.88. The summed E-state index contributed by atoms with van der Waals surface area (Å²) in [4.78, 5) is 11.2. The lowest BCUT2D eigenvalue weighted by atomic mass is 9.92. The van der Waals surface area contributed by atoms with Gasteiger partial charge < -0.3 is 5.11 Å². The number of rotatable bonds is 4. The maximum atomic E-state index is 13.1. The lowest BCUT2D eigenvalue weighted by Gasteiger charge is -2.26. The van der Waals surface area contributed by atoms with Crippen LogP contribution >= 0.6 is 15.9 Å². The van der Waals surface area contributed by atoms with Crippen molar-refractivity contribution in [2.75, 3.05) is 6.54 Å². The Labute approximate surface area is 102 Å². The van der Waals surface area contributed by atoms with Gasteiger partial charge in [0.2, 0.25) is 0 Å². The molecule has 0 aromatic heterocycles. The molecule has 0 spiro atoms. The van der Waals surface area contributed by atoms with Gasteiger partial charge in [-0.25, -0.2) is 9.18 Å². The number of likely N-dealkylation sites (N-methyl/N-ethyl adjacent to an activating group) is 1. The van der Waals surface area contributed by atoms with Crippen molar-refractivity contribution in [1.29, 1.82) is 0 Å². The zero-order valence-electron chi connectivity index (χ0n) is 9.05. The number of hydrogen-bond donors (Lipinski definition) is 2. The Hall–Kier alpha value is -0.940. The van der Waals surface area contributed by atoms with Crippen LogP contribution in [0.5, 0.6) is 0 Å². The van der Waals surface area contributed by atoms with E-state index in [9.17, 15) is 14.3 Å². The normalized spacial score (nSPS) is 14.5. The zero-order valence-corrected chi connectivity index (χ0v) is 10.6. The highest BCUT2D eigenvalue weighted by Crippen LogP contribution is 2.26. The number of nitrogens with one attached hydrogen (secondary N) is 1. The van der Waals surface area contributed by atoms with Gasteiger partial charge in [-0.1, -0.05) is 13.0 Å². The van der Waals surface area contributed by atoms with E-state index in [1.54, 1.807) is 6.92 Å². The smallest absolute Gasteiger partial charge is 0.328 e. The molecule has 0 radical (unpaired) electrons. The quantitative estimate of drug-likeness (QED) is 0.895.